The van der Waals surface area contributed by atoms with Crippen molar-refractivity contribution in [2.24, 2.45) is 0 Å². The molecule has 5 aromatic carbocycles. The zero-order valence-electron chi connectivity index (χ0n) is 24.0. The summed E-state index contributed by atoms with van der Waals surface area (Å²) in [6, 6.07) is 36.5. The minimum atomic E-state index is -0.466. The van der Waals surface area contributed by atoms with Gasteiger partial charge in [0, 0.05) is 40.1 Å². The molecular weight excluding hydrogens is 582 g/mol. The molecule has 0 bridgehead atoms. The van der Waals surface area contributed by atoms with Crippen molar-refractivity contribution in [1.82, 2.24) is 15.1 Å². The summed E-state index contributed by atoms with van der Waals surface area (Å²) < 4.78 is 5.41. The zero-order chi connectivity index (χ0) is 31.6. The summed E-state index contributed by atoms with van der Waals surface area (Å²) in [4.78, 5) is 45.3. The standard InChI is InChI=1S/C36H23N5O5/c42-34(23-8-2-1-3-9-23)24-16-19-29-31(20-24)39-35(38-29)26-10-4-5-11-27(26)36(43)37-25-17-14-22(15-18-25)30-21-33(46-40-30)28-12-6-7-13-32(28)41(44)45/h1-21H,(H,37,43)(H,38,39). The van der Waals surface area contributed by atoms with Gasteiger partial charge in [-0.3, -0.25) is 19.7 Å². The third-order valence-electron chi connectivity index (χ3n) is 7.52. The van der Waals surface area contributed by atoms with Gasteiger partial charge in [0.2, 0.25) is 0 Å². The van der Waals surface area contributed by atoms with Gasteiger partial charge in [-0.1, -0.05) is 78.0 Å². The second-order valence-electron chi connectivity index (χ2n) is 10.4. The summed E-state index contributed by atoms with van der Waals surface area (Å²) in [6.07, 6.45) is 0. The van der Waals surface area contributed by atoms with Crippen molar-refractivity contribution < 1.29 is 19.0 Å². The summed E-state index contributed by atoms with van der Waals surface area (Å²) in [7, 11) is 0. The molecule has 0 atom stereocenters. The van der Waals surface area contributed by atoms with Gasteiger partial charge in [0.25, 0.3) is 11.6 Å². The van der Waals surface area contributed by atoms with Gasteiger partial charge in [-0.25, -0.2) is 4.98 Å². The maximum Gasteiger partial charge on any atom is 0.280 e. The number of benzene rings is 5. The molecule has 10 heteroatoms. The highest BCUT2D eigenvalue weighted by molar-refractivity contribution is 6.11. The normalized spacial score (nSPS) is 11.0. The molecule has 0 aliphatic rings. The number of hydrogen-bond donors (Lipinski definition) is 2. The monoisotopic (exact) mass is 605 g/mol. The maximum absolute atomic E-state index is 13.4. The van der Waals surface area contributed by atoms with Gasteiger partial charge < -0.3 is 14.8 Å². The number of aromatic amines is 1. The average Bonchev–Trinajstić information content (AvgIpc) is 3.76. The van der Waals surface area contributed by atoms with Crippen LogP contribution in [0.1, 0.15) is 26.3 Å². The maximum atomic E-state index is 13.4. The molecule has 46 heavy (non-hydrogen) atoms. The Morgan fingerprint density at radius 1 is 0.761 bits per heavy atom. The number of nitrogens with zero attached hydrogens (tertiary/aromatic N) is 3. The Hall–Kier alpha value is -6.68. The summed E-state index contributed by atoms with van der Waals surface area (Å²) in [5.74, 6) is 0.354. The molecular formula is C36H23N5O5. The quantitative estimate of drug-likeness (QED) is 0.102. The van der Waals surface area contributed by atoms with Crippen LogP contribution in [0.4, 0.5) is 11.4 Å². The van der Waals surface area contributed by atoms with Gasteiger partial charge in [-0.2, -0.15) is 0 Å². The second-order valence-corrected chi connectivity index (χ2v) is 10.4. The van der Waals surface area contributed by atoms with Crippen molar-refractivity contribution in [3.05, 3.63) is 154 Å². The van der Waals surface area contributed by atoms with Crippen LogP contribution in [0.5, 0.6) is 0 Å². The summed E-state index contributed by atoms with van der Waals surface area (Å²) >= 11 is 0. The molecule has 0 aliphatic heterocycles. The Balaban J connectivity index is 1.10. The number of carbonyl (C=O) groups is 2. The van der Waals surface area contributed by atoms with Crippen LogP contribution in [-0.2, 0) is 0 Å². The Morgan fingerprint density at radius 3 is 2.26 bits per heavy atom. The molecule has 7 aromatic rings. The topological polar surface area (TPSA) is 144 Å². The van der Waals surface area contributed by atoms with Crippen molar-refractivity contribution in [3.63, 3.8) is 0 Å². The van der Waals surface area contributed by atoms with Crippen LogP contribution < -0.4 is 5.32 Å². The third kappa shape index (κ3) is 5.42. The zero-order valence-corrected chi connectivity index (χ0v) is 24.0. The number of fused-ring (bicyclic) bond motifs is 1. The molecule has 0 fully saturated rings. The first-order valence-corrected chi connectivity index (χ1v) is 14.3. The first kappa shape index (κ1) is 28.1. The highest BCUT2D eigenvalue weighted by Gasteiger charge is 2.20. The number of nitro groups is 1. The molecule has 0 aliphatic carbocycles. The van der Waals surface area contributed by atoms with Gasteiger partial charge >= 0.3 is 0 Å². The average molecular weight is 606 g/mol. The van der Waals surface area contributed by atoms with Crippen LogP contribution in [0, 0.1) is 10.1 Å². The number of nitro benzene ring substituents is 1. The first-order chi connectivity index (χ1) is 22.4. The Labute approximate surface area is 261 Å². The highest BCUT2D eigenvalue weighted by atomic mass is 16.6. The van der Waals surface area contributed by atoms with E-state index in [0.717, 1.165) is 5.52 Å². The van der Waals surface area contributed by atoms with Crippen LogP contribution in [0.2, 0.25) is 0 Å². The molecule has 222 valence electrons. The van der Waals surface area contributed by atoms with E-state index in [1.165, 1.54) is 6.07 Å². The summed E-state index contributed by atoms with van der Waals surface area (Å²) in [5, 5.41) is 18.4. The fraction of sp³-hybridized carbons (Fsp3) is 0. The summed E-state index contributed by atoms with van der Waals surface area (Å²) in [5.41, 5.74) is 5.50. The van der Waals surface area contributed by atoms with Gasteiger partial charge in [-0.15, -0.1) is 0 Å². The van der Waals surface area contributed by atoms with Gasteiger partial charge in [0.15, 0.2) is 11.5 Å². The van der Waals surface area contributed by atoms with E-state index in [-0.39, 0.29) is 23.1 Å². The smallest absolute Gasteiger partial charge is 0.280 e. The molecule has 2 N–H and O–H groups in total. The molecule has 0 saturated heterocycles. The molecule has 10 nitrogen and oxygen atoms in total. The number of rotatable bonds is 8. The number of nitrogens with one attached hydrogen (secondary N) is 2. The minimum absolute atomic E-state index is 0.0749. The predicted molar refractivity (Wildman–Crippen MR) is 173 cm³/mol. The van der Waals surface area contributed by atoms with E-state index in [2.05, 4.69) is 15.5 Å². The number of ketones is 1. The first-order valence-electron chi connectivity index (χ1n) is 14.3. The number of hydrogen-bond acceptors (Lipinski definition) is 7. The number of imidazole rings is 1. The van der Waals surface area contributed by atoms with E-state index >= 15 is 0 Å². The van der Waals surface area contributed by atoms with Crippen LogP contribution in [0.3, 0.4) is 0 Å². The van der Waals surface area contributed by atoms with E-state index in [1.807, 2.05) is 36.4 Å². The second kappa shape index (κ2) is 11.8. The third-order valence-corrected chi connectivity index (χ3v) is 7.52. The lowest BCUT2D eigenvalue weighted by molar-refractivity contribution is -0.384. The molecule has 0 saturated carbocycles. The van der Waals surface area contributed by atoms with Crippen molar-refractivity contribution in [1.29, 1.82) is 0 Å². The summed E-state index contributed by atoms with van der Waals surface area (Å²) in [6.45, 7) is 0. The predicted octanol–water partition coefficient (Wildman–Crippen LogP) is 7.94. The number of amides is 1. The lowest BCUT2D eigenvalue weighted by Gasteiger charge is -2.09. The number of carbonyl (C=O) groups excluding carboxylic acids is 2. The lowest BCUT2D eigenvalue weighted by atomic mass is 10.0. The Bertz CT molecular complexity index is 2250. The van der Waals surface area contributed by atoms with Crippen molar-refractivity contribution in [2.45, 2.75) is 0 Å². The number of aromatic nitrogens is 3. The van der Waals surface area contributed by atoms with Crippen molar-refractivity contribution in [2.75, 3.05) is 5.32 Å². The van der Waals surface area contributed by atoms with Crippen molar-refractivity contribution >= 4 is 34.1 Å². The number of H-pyrrole nitrogens is 1. The van der Waals surface area contributed by atoms with Gasteiger partial charge in [0.1, 0.15) is 11.5 Å². The molecule has 1 amide bonds. The van der Waals surface area contributed by atoms with Crippen LogP contribution in [-0.4, -0.2) is 31.7 Å². The van der Waals surface area contributed by atoms with Gasteiger partial charge in [-0.05, 0) is 42.5 Å². The molecule has 0 spiro atoms. The SMILES string of the molecule is O=C(c1ccccc1)c1ccc2[nH]c(-c3ccccc3C(=O)Nc3ccc(-c4cc(-c5ccccc5[N+](=O)[O-])on4)cc3)nc2c1. The molecule has 0 radical (unpaired) electrons. The fourth-order valence-corrected chi connectivity index (χ4v) is 5.22. The van der Waals surface area contributed by atoms with Crippen LogP contribution in [0.25, 0.3) is 45.0 Å². The van der Waals surface area contributed by atoms with E-state index in [4.69, 9.17) is 9.51 Å². The van der Waals surface area contributed by atoms with E-state index in [1.54, 1.807) is 84.9 Å². The number of para-hydroxylation sites is 1. The van der Waals surface area contributed by atoms with Crippen LogP contribution >= 0.6 is 0 Å². The van der Waals surface area contributed by atoms with Crippen LogP contribution in [0.15, 0.2) is 132 Å². The molecule has 2 aromatic heterocycles. The van der Waals surface area contributed by atoms with Gasteiger partial charge in [0.05, 0.1) is 27.1 Å². The highest BCUT2D eigenvalue weighted by Crippen LogP contribution is 2.33. The Morgan fingerprint density at radius 2 is 1.48 bits per heavy atom. The fourth-order valence-electron chi connectivity index (χ4n) is 5.22. The van der Waals surface area contributed by atoms with E-state index < -0.39 is 4.92 Å². The van der Waals surface area contributed by atoms with E-state index in [0.29, 0.717) is 56.1 Å². The largest absolute Gasteiger partial charge is 0.355 e. The molecule has 7 rings (SSSR count). The molecule has 0 unspecified atom stereocenters. The Kier molecular flexibility index (Phi) is 7.20. The lowest BCUT2D eigenvalue weighted by Crippen LogP contribution is -2.13. The number of anilines is 1. The minimum Gasteiger partial charge on any atom is -0.355 e. The van der Waals surface area contributed by atoms with E-state index in [9.17, 15) is 19.7 Å². The van der Waals surface area contributed by atoms with Crippen molar-refractivity contribution in [3.8, 4) is 34.0 Å². The molecule has 2 heterocycles.